The summed E-state index contributed by atoms with van der Waals surface area (Å²) < 4.78 is 11.5. The normalized spacial score (nSPS) is 17.7. The Balaban J connectivity index is 1.78. The fourth-order valence-corrected chi connectivity index (χ4v) is 2.52. The summed E-state index contributed by atoms with van der Waals surface area (Å²) in [5.41, 5.74) is 1.24. The van der Waals surface area contributed by atoms with Gasteiger partial charge in [-0.2, -0.15) is 0 Å². The Kier molecular flexibility index (Phi) is 1.97. The van der Waals surface area contributed by atoms with E-state index in [2.05, 4.69) is 18.4 Å². The van der Waals surface area contributed by atoms with Crippen molar-refractivity contribution in [1.29, 1.82) is 0 Å². The first-order valence-electron chi connectivity index (χ1n) is 6.05. The monoisotopic (exact) mass is 235 g/mol. The van der Waals surface area contributed by atoms with Gasteiger partial charge < -0.3 is 9.15 Å². The zero-order chi connectivity index (χ0) is 11.9. The lowest BCUT2D eigenvalue weighted by Gasteiger charge is -2.07. The molecule has 2 heterocycles. The van der Waals surface area contributed by atoms with Gasteiger partial charge in [-0.05, 0) is 11.6 Å². The third kappa shape index (κ3) is 1.35. The fourth-order valence-electron chi connectivity index (χ4n) is 2.52. The summed E-state index contributed by atoms with van der Waals surface area (Å²) >= 11 is 0. The molecule has 0 amide bonds. The molecule has 0 fully saturated rings. The average Bonchev–Trinajstić information content (AvgIpc) is 3.02. The number of fused-ring (bicyclic) bond motifs is 2. The van der Waals surface area contributed by atoms with Crippen molar-refractivity contribution in [3.05, 3.63) is 66.1 Å². The first kappa shape index (κ1) is 9.77. The third-order valence-electron chi connectivity index (χ3n) is 3.40. The van der Waals surface area contributed by atoms with E-state index in [4.69, 9.17) is 9.15 Å². The standard InChI is InChI=1S/C16H11O2/c1-3-7-13-12(6-1)10-17-16(13)15-9-11-5-2-4-8-14(11)18-15/h1-8,15H,9H2. The fraction of sp³-hybridized carbons (Fsp3) is 0.125. The smallest absolute Gasteiger partial charge is 0.178 e. The van der Waals surface area contributed by atoms with E-state index in [9.17, 15) is 0 Å². The van der Waals surface area contributed by atoms with Gasteiger partial charge in [0.25, 0.3) is 0 Å². The van der Waals surface area contributed by atoms with Crippen LogP contribution in [0.1, 0.15) is 17.4 Å². The molecule has 2 nitrogen and oxygen atoms in total. The Bertz CT molecular complexity index is 687. The molecule has 0 bridgehead atoms. The summed E-state index contributed by atoms with van der Waals surface area (Å²) in [6.07, 6.45) is 3.77. The summed E-state index contributed by atoms with van der Waals surface area (Å²) in [5, 5.41) is 2.10. The van der Waals surface area contributed by atoms with Crippen LogP contribution in [0, 0.1) is 6.26 Å². The topological polar surface area (TPSA) is 22.4 Å². The van der Waals surface area contributed by atoms with Gasteiger partial charge in [0.1, 0.15) is 5.75 Å². The molecule has 0 aliphatic carbocycles. The maximum Gasteiger partial charge on any atom is 0.178 e. The van der Waals surface area contributed by atoms with E-state index in [-0.39, 0.29) is 6.10 Å². The van der Waals surface area contributed by atoms with Gasteiger partial charge in [-0.15, -0.1) is 0 Å². The molecule has 4 rings (SSSR count). The van der Waals surface area contributed by atoms with Crippen LogP contribution in [0.5, 0.6) is 5.75 Å². The van der Waals surface area contributed by atoms with E-state index in [1.54, 1.807) is 0 Å². The lowest BCUT2D eigenvalue weighted by Crippen LogP contribution is -2.01. The average molecular weight is 235 g/mol. The first-order valence-corrected chi connectivity index (χ1v) is 6.05. The largest absolute Gasteiger partial charge is 0.482 e. The van der Waals surface area contributed by atoms with E-state index in [0.29, 0.717) is 0 Å². The van der Waals surface area contributed by atoms with Crippen LogP contribution in [0.2, 0.25) is 0 Å². The van der Waals surface area contributed by atoms with Gasteiger partial charge in [0.05, 0.1) is 0 Å². The quantitative estimate of drug-likeness (QED) is 0.638. The molecule has 2 heteroatoms. The van der Waals surface area contributed by atoms with Crippen LogP contribution < -0.4 is 4.74 Å². The molecule has 0 N–H and O–H groups in total. The Morgan fingerprint density at radius 1 is 1.00 bits per heavy atom. The molecular formula is C16H11O2. The molecule has 1 aliphatic heterocycles. The second-order valence-corrected chi connectivity index (χ2v) is 4.53. The number of hydrogen-bond donors (Lipinski definition) is 0. The van der Waals surface area contributed by atoms with Crippen molar-refractivity contribution in [2.45, 2.75) is 12.5 Å². The van der Waals surface area contributed by atoms with Crippen molar-refractivity contribution in [3.8, 4) is 5.75 Å². The molecule has 3 aromatic rings. The third-order valence-corrected chi connectivity index (χ3v) is 3.40. The van der Waals surface area contributed by atoms with E-state index < -0.39 is 0 Å². The molecule has 0 saturated heterocycles. The molecule has 0 saturated carbocycles. The summed E-state index contributed by atoms with van der Waals surface area (Å²) in [6, 6.07) is 16.2. The van der Waals surface area contributed by atoms with Crippen molar-refractivity contribution in [1.82, 2.24) is 0 Å². The molecule has 1 radical (unpaired) electrons. The predicted molar refractivity (Wildman–Crippen MR) is 68.6 cm³/mol. The highest BCUT2D eigenvalue weighted by molar-refractivity contribution is 5.83. The van der Waals surface area contributed by atoms with Crippen LogP contribution in [-0.4, -0.2) is 0 Å². The minimum Gasteiger partial charge on any atom is -0.482 e. The number of rotatable bonds is 1. The zero-order valence-electron chi connectivity index (χ0n) is 9.72. The maximum absolute atomic E-state index is 5.95. The van der Waals surface area contributed by atoms with E-state index >= 15 is 0 Å². The van der Waals surface area contributed by atoms with E-state index in [1.807, 2.05) is 36.4 Å². The van der Waals surface area contributed by atoms with Crippen LogP contribution in [0.3, 0.4) is 0 Å². The van der Waals surface area contributed by atoms with Crippen LogP contribution in [0.4, 0.5) is 0 Å². The van der Waals surface area contributed by atoms with Crippen molar-refractivity contribution < 1.29 is 9.15 Å². The number of benzene rings is 2. The van der Waals surface area contributed by atoms with E-state index in [0.717, 1.165) is 28.7 Å². The van der Waals surface area contributed by atoms with Crippen molar-refractivity contribution in [2.75, 3.05) is 0 Å². The predicted octanol–water partition coefficient (Wildman–Crippen LogP) is 3.91. The highest BCUT2D eigenvalue weighted by Gasteiger charge is 2.27. The minimum atomic E-state index is -0.0291. The van der Waals surface area contributed by atoms with Crippen LogP contribution >= 0.6 is 0 Å². The molecule has 18 heavy (non-hydrogen) atoms. The van der Waals surface area contributed by atoms with Gasteiger partial charge in [0, 0.05) is 17.2 Å². The zero-order valence-corrected chi connectivity index (χ0v) is 9.72. The molecule has 2 aromatic carbocycles. The van der Waals surface area contributed by atoms with Gasteiger partial charge in [-0.1, -0.05) is 42.5 Å². The SMILES string of the molecule is [c]1oc(C2Cc3ccccc3O2)c2ccccc12. The van der Waals surface area contributed by atoms with Crippen molar-refractivity contribution in [2.24, 2.45) is 0 Å². The Hall–Kier alpha value is -2.22. The van der Waals surface area contributed by atoms with E-state index in [1.165, 1.54) is 5.56 Å². The summed E-state index contributed by atoms with van der Waals surface area (Å²) in [6.45, 7) is 0. The molecule has 87 valence electrons. The first-order chi connectivity index (χ1) is 8.92. The Morgan fingerprint density at radius 2 is 1.83 bits per heavy atom. The second-order valence-electron chi connectivity index (χ2n) is 4.53. The number of hydrogen-bond acceptors (Lipinski definition) is 2. The number of para-hydroxylation sites is 1. The number of furan rings is 1. The summed E-state index contributed by atoms with van der Waals surface area (Å²) in [5.74, 6) is 1.84. The summed E-state index contributed by atoms with van der Waals surface area (Å²) in [7, 11) is 0. The van der Waals surface area contributed by atoms with Gasteiger partial charge in [-0.3, -0.25) is 0 Å². The highest BCUT2D eigenvalue weighted by atomic mass is 16.5. The summed E-state index contributed by atoms with van der Waals surface area (Å²) in [4.78, 5) is 0. The second kappa shape index (κ2) is 3.64. The van der Waals surface area contributed by atoms with Gasteiger partial charge in [-0.25, -0.2) is 0 Å². The Labute approximate surface area is 105 Å². The Morgan fingerprint density at radius 3 is 2.78 bits per heavy atom. The van der Waals surface area contributed by atoms with Crippen LogP contribution in [0.25, 0.3) is 10.8 Å². The maximum atomic E-state index is 5.95. The lowest BCUT2D eigenvalue weighted by molar-refractivity contribution is 0.206. The van der Waals surface area contributed by atoms with Gasteiger partial charge in [0.2, 0.25) is 0 Å². The lowest BCUT2D eigenvalue weighted by atomic mass is 10.1. The molecular weight excluding hydrogens is 224 g/mol. The number of ether oxygens (including phenoxy) is 1. The van der Waals surface area contributed by atoms with Crippen molar-refractivity contribution >= 4 is 10.8 Å². The van der Waals surface area contributed by atoms with Crippen molar-refractivity contribution in [3.63, 3.8) is 0 Å². The van der Waals surface area contributed by atoms with Crippen LogP contribution in [-0.2, 0) is 6.42 Å². The highest BCUT2D eigenvalue weighted by Crippen LogP contribution is 2.39. The molecule has 1 aromatic heterocycles. The molecule has 1 atom stereocenters. The van der Waals surface area contributed by atoms with Gasteiger partial charge in [0.15, 0.2) is 18.1 Å². The van der Waals surface area contributed by atoms with Gasteiger partial charge >= 0.3 is 0 Å². The minimum absolute atomic E-state index is 0.0291. The molecule has 0 spiro atoms. The molecule has 1 unspecified atom stereocenters. The molecule has 1 aliphatic rings. The van der Waals surface area contributed by atoms with Crippen LogP contribution in [0.15, 0.2) is 52.9 Å².